The zero-order valence-corrected chi connectivity index (χ0v) is 13.8. The van der Waals surface area contributed by atoms with Crippen LogP contribution in [0.15, 0.2) is 30.3 Å². The van der Waals surface area contributed by atoms with Crippen molar-refractivity contribution >= 4 is 16.7 Å². The van der Waals surface area contributed by atoms with E-state index in [1.807, 2.05) is 0 Å². The Balaban J connectivity index is 2.03. The van der Waals surface area contributed by atoms with Crippen molar-refractivity contribution in [1.82, 2.24) is 0 Å². The number of halogens is 3. The lowest BCUT2D eigenvalue weighted by Crippen LogP contribution is -2.24. The predicted molar refractivity (Wildman–Crippen MR) is 88.0 cm³/mol. The minimum absolute atomic E-state index is 0.0424. The van der Waals surface area contributed by atoms with Crippen LogP contribution in [0.5, 0.6) is 5.75 Å². The minimum atomic E-state index is -4.58. The maximum Gasteiger partial charge on any atom is 0.420 e. The normalized spacial score (nSPS) is 21.3. The molecule has 0 saturated heterocycles. The highest BCUT2D eigenvalue weighted by molar-refractivity contribution is 5.96. The monoisotopic (exact) mass is 352 g/mol. The van der Waals surface area contributed by atoms with E-state index in [9.17, 15) is 18.0 Å². The van der Waals surface area contributed by atoms with Crippen LogP contribution in [0, 0.1) is 5.92 Å². The summed E-state index contributed by atoms with van der Waals surface area (Å²) >= 11 is 0. The van der Waals surface area contributed by atoms with Crippen LogP contribution in [0.3, 0.4) is 0 Å². The van der Waals surface area contributed by atoms with E-state index >= 15 is 0 Å². The van der Waals surface area contributed by atoms with Gasteiger partial charge in [0.15, 0.2) is 0 Å². The summed E-state index contributed by atoms with van der Waals surface area (Å²) in [6, 6.07) is 6.43. The summed E-state index contributed by atoms with van der Waals surface area (Å²) in [5, 5.41) is 9.21. The fourth-order valence-electron chi connectivity index (χ4n) is 3.36. The molecule has 2 aromatic carbocycles. The molecule has 134 valence electrons. The van der Waals surface area contributed by atoms with Crippen LogP contribution in [-0.2, 0) is 6.18 Å². The van der Waals surface area contributed by atoms with Gasteiger partial charge in [-0.25, -0.2) is 4.79 Å². The molecule has 0 atom stereocenters. The first kappa shape index (κ1) is 17.6. The predicted octanol–water partition coefficient (Wildman–Crippen LogP) is 5.51. The minimum Gasteiger partial charge on any atom is -0.490 e. The largest absolute Gasteiger partial charge is 0.490 e. The van der Waals surface area contributed by atoms with E-state index in [1.54, 1.807) is 0 Å². The van der Waals surface area contributed by atoms with Crippen LogP contribution in [0.2, 0.25) is 0 Å². The number of hydrogen-bond acceptors (Lipinski definition) is 2. The van der Waals surface area contributed by atoms with E-state index in [1.165, 1.54) is 30.3 Å². The van der Waals surface area contributed by atoms with Gasteiger partial charge < -0.3 is 9.84 Å². The van der Waals surface area contributed by atoms with E-state index < -0.39 is 17.7 Å². The van der Waals surface area contributed by atoms with Crippen molar-refractivity contribution in [2.45, 2.75) is 44.9 Å². The number of benzene rings is 2. The number of hydrogen-bond donors (Lipinski definition) is 1. The van der Waals surface area contributed by atoms with E-state index in [2.05, 4.69) is 6.92 Å². The van der Waals surface area contributed by atoms with Crippen molar-refractivity contribution in [3.05, 3.63) is 41.5 Å². The Morgan fingerprint density at radius 3 is 2.40 bits per heavy atom. The van der Waals surface area contributed by atoms with Gasteiger partial charge in [-0.15, -0.1) is 0 Å². The summed E-state index contributed by atoms with van der Waals surface area (Å²) in [4.78, 5) is 11.0. The number of alkyl halides is 3. The van der Waals surface area contributed by atoms with Crippen molar-refractivity contribution in [3.8, 4) is 5.75 Å². The second kappa shape index (κ2) is 6.58. The number of fused-ring (bicyclic) bond motifs is 1. The second-order valence-electron chi connectivity index (χ2n) is 6.68. The van der Waals surface area contributed by atoms with Gasteiger partial charge in [-0.2, -0.15) is 13.2 Å². The van der Waals surface area contributed by atoms with Crippen molar-refractivity contribution in [2.24, 2.45) is 5.92 Å². The van der Waals surface area contributed by atoms with Crippen LogP contribution in [0.4, 0.5) is 13.2 Å². The first-order chi connectivity index (χ1) is 11.8. The molecule has 1 aliphatic rings. The summed E-state index contributed by atoms with van der Waals surface area (Å²) in [6.07, 6.45) is -1.42. The number of carboxylic acid groups (broad SMARTS) is 1. The molecule has 1 aliphatic carbocycles. The molecular formula is C19H19F3O3. The van der Waals surface area contributed by atoms with Crippen molar-refractivity contribution < 1.29 is 27.8 Å². The lowest BCUT2D eigenvalue weighted by molar-refractivity contribution is -0.138. The highest BCUT2D eigenvalue weighted by atomic mass is 19.4. The van der Waals surface area contributed by atoms with E-state index in [4.69, 9.17) is 9.84 Å². The third kappa shape index (κ3) is 3.72. The third-order valence-electron chi connectivity index (χ3n) is 4.77. The van der Waals surface area contributed by atoms with Gasteiger partial charge in [0.1, 0.15) is 11.3 Å². The molecule has 0 amide bonds. The van der Waals surface area contributed by atoms with Crippen molar-refractivity contribution in [3.63, 3.8) is 0 Å². The molecule has 1 N–H and O–H groups in total. The van der Waals surface area contributed by atoms with Gasteiger partial charge >= 0.3 is 12.1 Å². The Kier molecular flexibility index (Phi) is 4.62. The van der Waals surface area contributed by atoms with Gasteiger partial charge in [-0.1, -0.05) is 19.1 Å². The van der Waals surface area contributed by atoms with Gasteiger partial charge in [0.05, 0.1) is 11.7 Å². The molecule has 0 unspecified atom stereocenters. The summed E-state index contributed by atoms with van der Waals surface area (Å²) < 4.78 is 46.7. The molecule has 2 aromatic rings. The molecule has 6 heteroatoms. The molecule has 1 fully saturated rings. The van der Waals surface area contributed by atoms with Crippen LogP contribution >= 0.6 is 0 Å². The summed E-state index contributed by atoms with van der Waals surface area (Å²) in [5.41, 5.74) is -0.879. The van der Waals surface area contributed by atoms with E-state index in [-0.39, 0.29) is 28.2 Å². The molecular weight excluding hydrogens is 333 g/mol. The number of rotatable bonds is 3. The SMILES string of the molecule is C[C@H]1CC[C@@H](Oc2ccc3cc(C(=O)O)ccc3c2C(F)(F)F)CC1. The maximum atomic E-state index is 13.7. The Hall–Kier alpha value is -2.24. The molecule has 0 aromatic heterocycles. The first-order valence-corrected chi connectivity index (χ1v) is 8.29. The smallest absolute Gasteiger partial charge is 0.420 e. The van der Waals surface area contributed by atoms with Gasteiger partial charge in [-0.3, -0.25) is 0 Å². The highest BCUT2D eigenvalue weighted by Gasteiger charge is 2.37. The Morgan fingerprint density at radius 1 is 1.12 bits per heavy atom. The standard InChI is InChI=1S/C19H19F3O3/c1-11-2-6-14(7-3-11)25-16-9-5-12-10-13(18(23)24)4-8-15(12)17(16)19(20,21)22/h4-5,8-11,14H,2-3,6-7H2,1H3,(H,23,24)/t11-,14+. The number of carbonyl (C=O) groups is 1. The highest BCUT2D eigenvalue weighted by Crippen LogP contribution is 2.42. The summed E-state index contributed by atoms with van der Waals surface area (Å²) in [6.45, 7) is 2.13. The quantitative estimate of drug-likeness (QED) is 0.792. The van der Waals surface area contributed by atoms with Crippen LogP contribution < -0.4 is 4.74 Å². The molecule has 0 heterocycles. The lowest BCUT2D eigenvalue weighted by atomic mass is 9.89. The van der Waals surface area contributed by atoms with Crippen LogP contribution in [-0.4, -0.2) is 17.2 Å². The zero-order chi connectivity index (χ0) is 18.2. The molecule has 3 rings (SSSR count). The molecule has 25 heavy (non-hydrogen) atoms. The molecule has 0 bridgehead atoms. The van der Waals surface area contributed by atoms with Gasteiger partial charge in [0, 0.05) is 0 Å². The van der Waals surface area contributed by atoms with Gasteiger partial charge in [-0.05, 0) is 60.6 Å². The number of carboxylic acids is 1. The Labute approximate surface area is 143 Å². The van der Waals surface area contributed by atoms with Crippen molar-refractivity contribution in [1.29, 1.82) is 0 Å². The maximum absolute atomic E-state index is 13.7. The second-order valence-corrected chi connectivity index (χ2v) is 6.68. The third-order valence-corrected chi connectivity index (χ3v) is 4.77. The average molecular weight is 352 g/mol. The first-order valence-electron chi connectivity index (χ1n) is 8.29. The molecule has 3 nitrogen and oxygen atoms in total. The number of ether oxygens (including phenoxy) is 1. The topological polar surface area (TPSA) is 46.5 Å². The average Bonchev–Trinajstić information content (AvgIpc) is 2.55. The molecule has 0 spiro atoms. The van der Waals surface area contributed by atoms with Crippen LogP contribution in [0.25, 0.3) is 10.8 Å². The molecule has 0 radical (unpaired) electrons. The molecule has 1 saturated carbocycles. The van der Waals surface area contributed by atoms with Crippen LogP contribution in [0.1, 0.15) is 48.5 Å². The van der Waals surface area contributed by atoms with E-state index in [0.29, 0.717) is 5.92 Å². The van der Waals surface area contributed by atoms with Crippen molar-refractivity contribution in [2.75, 3.05) is 0 Å². The van der Waals surface area contributed by atoms with Gasteiger partial charge in [0.2, 0.25) is 0 Å². The Bertz CT molecular complexity index is 790. The Morgan fingerprint density at radius 2 is 1.80 bits per heavy atom. The number of aromatic carboxylic acids is 1. The fourth-order valence-corrected chi connectivity index (χ4v) is 3.36. The lowest BCUT2D eigenvalue weighted by Gasteiger charge is -2.28. The zero-order valence-electron chi connectivity index (χ0n) is 13.8. The van der Waals surface area contributed by atoms with Gasteiger partial charge in [0.25, 0.3) is 0 Å². The summed E-state index contributed by atoms with van der Waals surface area (Å²) in [7, 11) is 0. The summed E-state index contributed by atoms with van der Waals surface area (Å²) in [5.74, 6) is -0.775. The molecule has 0 aliphatic heterocycles. The fraction of sp³-hybridized carbons (Fsp3) is 0.421. The van der Waals surface area contributed by atoms with E-state index in [0.717, 1.165) is 25.7 Å².